The molecule has 1 aliphatic carbocycles. The molecular formula is C25H31NO2S. The van der Waals surface area contributed by atoms with Gasteiger partial charge in [-0.2, -0.15) is 0 Å². The van der Waals surface area contributed by atoms with Gasteiger partial charge in [-0.05, 0) is 30.5 Å². The highest BCUT2D eigenvalue weighted by atomic mass is 32.2. The summed E-state index contributed by atoms with van der Waals surface area (Å²) >= 11 is 1.93. The van der Waals surface area contributed by atoms with Gasteiger partial charge in [0, 0.05) is 23.4 Å². The molecule has 154 valence electrons. The third-order valence-electron chi connectivity index (χ3n) is 6.24. The summed E-state index contributed by atoms with van der Waals surface area (Å²) in [7, 11) is 0. The summed E-state index contributed by atoms with van der Waals surface area (Å²) in [5, 5.41) is 0. The molecule has 0 aromatic heterocycles. The standard InChI is InChI=1S/C25H31NO2S/c1-24(2)19-26(18-20-12-6-3-7-13-20)23(27)28-22(24)25(16-10-5-11-17-25)29-21-14-8-4-9-15-21/h3-4,6-9,12-15,22H,5,10-11,16-19H2,1-2H3. The molecular weight excluding hydrogens is 378 g/mol. The van der Waals surface area contributed by atoms with E-state index in [4.69, 9.17) is 4.74 Å². The molecule has 0 spiro atoms. The van der Waals surface area contributed by atoms with E-state index in [1.165, 1.54) is 24.2 Å². The highest BCUT2D eigenvalue weighted by Gasteiger charge is 2.54. The number of carbonyl (C=O) groups is 1. The Bertz CT molecular complexity index is 815. The lowest BCUT2D eigenvalue weighted by molar-refractivity contribution is -0.0757. The van der Waals surface area contributed by atoms with Gasteiger partial charge in [-0.3, -0.25) is 0 Å². The van der Waals surface area contributed by atoms with Gasteiger partial charge in [0.05, 0.1) is 4.75 Å². The van der Waals surface area contributed by atoms with E-state index in [2.05, 4.69) is 56.3 Å². The number of thioether (sulfide) groups is 1. The van der Waals surface area contributed by atoms with Crippen molar-refractivity contribution < 1.29 is 9.53 Å². The molecule has 2 aromatic carbocycles. The first-order valence-electron chi connectivity index (χ1n) is 10.7. The van der Waals surface area contributed by atoms with Gasteiger partial charge >= 0.3 is 6.09 Å². The molecule has 0 N–H and O–H groups in total. The minimum absolute atomic E-state index is 0.0440. The second kappa shape index (κ2) is 8.43. The van der Waals surface area contributed by atoms with Crippen molar-refractivity contribution in [1.82, 2.24) is 4.90 Å². The largest absolute Gasteiger partial charge is 0.444 e. The van der Waals surface area contributed by atoms with Crippen molar-refractivity contribution >= 4 is 17.9 Å². The average Bonchev–Trinajstić information content (AvgIpc) is 2.72. The minimum Gasteiger partial charge on any atom is -0.444 e. The van der Waals surface area contributed by atoms with Gasteiger partial charge in [0.25, 0.3) is 0 Å². The number of ether oxygens (including phenoxy) is 1. The number of rotatable bonds is 5. The molecule has 2 aliphatic rings. The molecule has 1 amide bonds. The Hall–Kier alpha value is -1.94. The topological polar surface area (TPSA) is 29.5 Å². The second-order valence-corrected chi connectivity index (χ2v) is 10.6. The van der Waals surface area contributed by atoms with E-state index < -0.39 is 0 Å². The number of hydrogen-bond acceptors (Lipinski definition) is 3. The van der Waals surface area contributed by atoms with E-state index in [1.807, 2.05) is 34.9 Å². The summed E-state index contributed by atoms with van der Waals surface area (Å²) in [6.07, 6.45) is 5.64. The van der Waals surface area contributed by atoms with Crippen LogP contribution in [0.1, 0.15) is 51.5 Å². The Morgan fingerprint density at radius 3 is 2.24 bits per heavy atom. The van der Waals surface area contributed by atoms with Crippen molar-refractivity contribution in [1.29, 1.82) is 0 Å². The molecule has 1 atom stereocenters. The number of cyclic esters (lactones) is 1. The van der Waals surface area contributed by atoms with Crippen LogP contribution in [0.25, 0.3) is 0 Å². The molecule has 2 aromatic rings. The molecule has 29 heavy (non-hydrogen) atoms. The Morgan fingerprint density at radius 1 is 0.966 bits per heavy atom. The fourth-order valence-corrected chi connectivity index (χ4v) is 6.74. The Kier molecular flexibility index (Phi) is 5.91. The molecule has 0 radical (unpaired) electrons. The van der Waals surface area contributed by atoms with Crippen LogP contribution in [-0.2, 0) is 11.3 Å². The second-order valence-electron chi connectivity index (χ2n) is 9.13. The Morgan fingerprint density at radius 2 is 1.59 bits per heavy atom. The molecule has 0 bridgehead atoms. The molecule has 1 aliphatic heterocycles. The van der Waals surface area contributed by atoms with Crippen molar-refractivity contribution in [3.63, 3.8) is 0 Å². The van der Waals surface area contributed by atoms with Crippen molar-refractivity contribution in [2.24, 2.45) is 5.41 Å². The van der Waals surface area contributed by atoms with Crippen LogP contribution in [-0.4, -0.2) is 28.4 Å². The summed E-state index contributed by atoms with van der Waals surface area (Å²) in [4.78, 5) is 16.2. The van der Waals surface area contributed by atoms with Crippen LogP contribution >= 0.6 is 11.8 Å². The molecule has 1 saturated heterocycles. The first-order chi connectivity index (χ1) is 14.0. The van der Waals surface area contributed by atoms with Gasteiger partial charge in [-0.25, -0.2) is 4.79 Å². The third-order valence-corrected chi connectivity index (χ3v) is 7.78. The Balaban J connectivity index is 1.58. The SMILES string of the molecule is CC1(C)CN(Cc2ccccc2)C(=O)OC1C1(Sc2ccccc2)CCCCC1. The maximum atomic E-state index is 13.0. The maximum Gasteiger partial charge on any atom is 0.410 e. The highest BCUT2D eigenvalue weighted by Crippen LogP contribution is 2.52. The number of hydrogen-bond donors (Lipinski definition) is 0. The van der Waals surface area contributed by atoms with Gasteiger partial charge in [-0.15, -0.1) is 11.8 Å². The molecule has 3 nitrogen and oxygen atoms in total. The van der Waals surface area contributed by atoms with Gasteiger partial charge < -0.3 is 9.64 Å². The lowest BCUT2D eigenvalue weighted by Crippen LogP contribution is -2.60. The van der Waals surface area contributed by atoms with E-state index in [1.54, 1.807) is 0 Å². The van der Waals surface area contributed by atoms with Gasteiger partial charge in [-0.1, -0.05) is 81.6 Å². The van der Waals surface area contributed by atoms with E-state index in [0.717, 1.165) is 24.9 Å². The van der Waals surface area contributed by atoms with E-state index >= 15 is 0 Å². The highest BCUT2D eigenvalue weighted by molar-refractivity contribution is 8.00. The van der Waals surface area contributed by atoms with E-state index in [0.29, 0.717) is 6.54 Å². The van der Waals surface area contributed by atoms with Crippen LogP contribution in [0.2, 0.25) is 0 Å². The smallest absolute Gasteiger partial charge is 0.410 e. The molecule has 4 heteroatoms. The predicted octanol–water partition coefficient (Wildman–Crippen LogP) is 6.53. The zero-order valence-corrected chi connectivity index (χ0v) is 18.3. The molecule has 2 fully saturated rings. The number of benzene rings is 2. The summed E-state index contributed by atoms with van der Waals surface area (Å²) < 4.78 is 6.22. The average molecular weight is 410 g/mol. The third kappa shape index (κ3) is 4.48. The minimum atomic E-state index is -0.170. The predicted molar refractivity (Wildman–Crippen MR) is 119 cm³/mol. The van der Waals surface area contributed by atoms with Crippen LogP contribution < -0.4 is 0 Å². The normalized spacial score (nSPS) is 23.4. The summed E-state index contributed by atoms with van der Waals surface area (Å²) in [6.45, 7) is 5.87. The lowest BCUT2D eigenvalue weighted by Gasteiger charge is -2.52. The molecule has 1 saturated carbocycles. The fourth-order valence-electron chi connectivity index (χ4n) is 5.01. The first kappa shape index (κ1) is 20.3. The fraction of sp³-hybridized carbons (Fsp3) is 0.480. The van der Waals surface area contributed by atoms with Crippen LogP contribution in [0, 0.1) is 5.41 Å². The maximum absolute atomic E-state index is 13.0. The molecule has 1 heterocycles. The van der Waals surface area contributed by atoms with Crippen LogP contribution in [0.5, 0.6) is 0 Å². The number of carbonyl (C=O) groups excluding carboxylic acids is 1. The van der Waals surface area contributed by atoms with Crippen molar-refractivity contribution in [3.8, 4) is 0 Å². The summed E-state index contributed by atoms with van der Waals surface area (Å²) in [6, 6.07) is 20.8. The van der Waals surface area contributed by atoms with Gasteiger partial charge in [0.15, 0.2) is 0 Å². The van der Waals surface area contributed by atoms with Crippen molar-refractivity contribution in [2.45, 2.75) is 68.2 Å². The molecule has 4 rings (SSSR count). The van der Waals surface area contributed by atoms with Crippen molar-refractivity contribution in [3.05, 3.63) is 66.2 Å². The summed E-state index contributed by atoms with van der Waals surface area (Å²) in [5.41, 5.74) is 1.03. The lowest BCUT2D eigenvalue weighted by atomic mass is 9.72. The monoisotopic (exact) mass is 409 g/mol. The zero-order chi connectivity index (χ0) is 20.3. The van der Waals surface area contributed by atoms with Gasteiger partial charge in [0.1, 0.15) is 6.10 Å². The van der Waals surface area contributed by atoms with Crippen LogP contribution in [0.3, 0.4) is 0 Å². The van der Waals surface area contributed by atoms with Crippen LogP contribution in [0.4, 0.5) is 4.79 Å². The van der Waals surface area contributed by atoms with E-state index in [9.17, 15) is 4.79 Å². The number of amides is 1. The Labute approximate surface area is 178 Å². The zero-order valence-electron chi connectivity index (χ0n) is 17.5. The summed E-state index contributed by atoms with van der Waals surface area (Å²) in [5.74, 6) is 0. The van der Waals surface area contributed by atoms with Crippen LogP contribution in [0.15, 0.2) is 65.6 Å². The first-order valence-corrected chi connectivity index (χ1v) is 11.5. The van der Waals surface area contributed by atoms with E-state index in [-0.39, 0.29) is 22.4 Å². The molecule has 1 unspecified atom stereocenters. The van der Waals surface area contributed by atoms with Crippen molar-refractivity contribution in [2.75, 3.05) is 6.54 Å². The van der Waals surface area contributed by atoms with Gasteiger partial charge in [0.2, 0.25) is 0 Å². The quantitative estimate of drug-likeness (QED) is 0.562. The number of nitrogens with zero attached hydrogens (tertiary/aromatic N) is 1.